The van der Waals surface area contributed by atoms with Crippen LogP contribution in [0.4, 0.5) is 37.7 Å². The van der Waals surface area contributed by atoms with Crippen LogP contribution >= 0.6 is 0 Å². The molecule has 2 atom stereocenters. The monoisotopic (exact) mass is 964 g/mol. The van der Waals surface area contributed by atoms with Gasteiger partial charge in [0, 0.05) is 82.8 Å². The van der Waals surface area contributed by atoms with Crippen LogP contribution in [0.5, 0.6) is 0 Å². The van der Waals surface area contributed by atoms with Crippen molar-refractivity contribution in [3.63, 3.8) is 0 Å². The molecule has 6 aromatic carbocycles. The number of alkyl halides is 6. The number of aliphatic hydroxyl groups is 2. The Morgan fingerprint density at radius 2 is 0.843 bits per heavy atom. The van der Waals surface area contributed by atoms with E-state index in [9.17, 15) is 66.4 Å². The van der Waals surface area contributed by atoms with Gasteiger partial charge in [-0.05, 0) is 48.2 Å². The molecule has 2 aromatic heterocycles. The topological polar surface area (TPSA) is 171 Å². The van der Waals surface area contributed by atoms with E-state index in [0.717, 1.165) is 35.7 Å². The average molecular weight is 965 g/mol. The first-order valence-electron chi connectivity index (χ1n) is 21.4. The number of halogens is 6. The Balaban J connectivity index is 0.000000206. The first-order chi connectivity index (χ1) is 33.0. The molecule has 8 rings (SSSR count). The number of nitro benzene ring substituents is 2. The van der Waals surface area contributed by atoms with Gasteiger partial charge in [0.1, 0.15) is 0 Å². The summed E-state index contributed by atoms with van der Waals surface area (Å²) >= 11 is 0. The zero-order chi connectivity index (χ0) is 50.8. The molecule has 18 heteroatoms. The van der Waals surface area contributed by atoms with Crippen molar-refractivity contribution in [2.24, 2.45) is 0 Å². The number of ketones is 2. The van der Waals surface area contributed by atoms with Crippen molar-refractivity contribution >= 4 is 44.7 Å². The standard InChI is InChI=1S/2C26H21F3N2O4/c2*1-17-7-5-6-10-20(17)24(32)14-25(33,26(27,28)29)22-16-30(15-18-8-3-2-4-9-18)23-13-19(31(34)35)11-12-21(22)23/h2*2-13,16,33H,14-15H2,1H3. The second kappa shape index (κ2) is 19.6. The molecule has 0 saturated carbocycles. The fraction of sp³-hybridized carbons (Fsp3) is 0.192. The molecule has 0 saturated heterocycles. The summed E-state index contributed by atoms with van der Waals surface area (Å²) in [6.45, 7) is 3.42. The van der Waals surface area contributed by atoms with Gasteiger partial charge in [0.05, 0.1) is 33.7 Å². The van der Waals surface area contributed by atoms with Crippen molar-refractivity contribution in [3.05, 3.63) is 223 Å². The van der Waals surface area contributed by atoms with Crippen LogP contribution in [-0.4, -0.2) is 53.1 Å². The molecule has 0 radical (unpaired) electrons. The molecule has 0 bridgehead atoms. The van der Waals surface area contributed by atoms with E-state index >= 15 is 0 Å². The molecule has 0 aliphatic heterocycles. The molecule has 8 aromatic rings. The van der Waals surface area contributed by atoms with Crippen LogP contribution in [0, 0.1) is 34.1 Å². The minimum absolute atomic E-state index is 0.0241. The van der Waals surface area contributed by atoms with Gasteiger partial charge in [0.2, 0.25) is 0 Å². The molecular weight excluding hydrogens is 923 g/mol. The molecule has 0 amide bonds. The van der Waals surface area contributed by atoms with Crippen LogP contribution in [0.3, 0.4) is 0 Å². The quantitative estimate of drug-likeness (QED) is 0.0469. The Morgan fingerprint density at radius 3 is 1.16 bits per heavy atom. The second-order valence-electron chi connectivity index (χ2n) is 16.8. The highest BCUT2D eigenvalue weighted by atomic mass is 19.4. The van der Waals surface area contributed by atoms with E-state index in [2.05, 4.69) is 0 Å². The number of carbonyl (C=O) groups is 2. The number of fused-ring (bicyclic) bond motifs is 2. The fourth-order valence-corrected chi connectivity index (χ4v) is 8.39. The highest BCUT2D eigenvalue weighted by molar-refractivity contribution is 6.00. The summed E-state index contributed by atoms with van der Waals surface area (Å²) in [5, 5.41) is 44.8. The Bertz CT molecular complexity index is 3040. The number of carbonyl (C=O) groups excluding carboxylic acids is 2. The largest absolute Gasteiger partial charge is 0.421 e. The van der Waals surface area contributed by atoms with Gasteiger partial charge in [0.25, 0.3) is 11.4 Å². The summed E-state index contributed by atoms with van der Waals surface area (Å²) in [6.07, 6.45) is -10.6. The third-order valence-corrected chi connectivity index (χ3v) is 12.1. The van der Waals surface area contributed by atoms with E-state index in [1.165, 1.54) is 57.7 Å². The molecule has 360 valence electrons. The third kappa shape index (κ3) is 10.1. The summed E-state index contributed by atoms with van der Waals surface area (Å²) < 4.78 is 89.3. The van der Waals surface area contributed by atoms with E-state index in [4.69, 9.17) is 0 Å². The zero-order valence-corrected chi connectivity index (χ0v) is 37.2. The maximum Gasteiger partial charge on any atom is 0.421 e. The lowest BCUT2D eigenvalue weighted by Crippen LogP contribution is -2.44. The van der Waals surface area contributed by atoms with Gasteiger partial charge in [-0.3, -0.25) is 29.8 Å². The van der Waals surface area contributed by atoms with E-state index < -0.39 is 68.9 Å². The molecule has 70 heavy (non-hydrogen) atoms. The number of hydrogen-bond acceptors (Lipinski definition) is 8. The summed E-state index contributed by atoms with van der Waals surface area (Å²) in [4.78, 5) is 47.2. The van der Waals surface area contributed by atoms with Gasteiger partial charge >= 0.3 is 12.4 Å². The van der Waals surface area contributed by atoms with E-state index in [1.807, 2.05) is 0 Å². The van der Waals surface area contributed by atoms with Crippen LogP contribution in [-0.2, 0) is 24.3 Å². The fourth-order valence-electron chi connectivity index (χ4n) is 8.39. The lowest BCUT2D eigenvalue weighted by atomic mass is 9.85. The molecule has 2 unspecified atom stereocenters. The summed E-state index contributed by atoms with van der Waals surface area (Å²) in [6, 6.07) is 37.0. The summed E-state index contributed by atoms with van der Waals surface area (Å²) in [5.74, 6) is -1.73. The Labute approximate surface area is 395 Å². The molecule has 0 spiro atoms. The van der Waals surface area contributed by atoms with Crippen LogP contribution in [0.1, 0.15) is 66.9 Å². The van der Waals surface area contributed by atoms with Gasteiger partial charge in [0.15, 0.2) is 22.8 Å². The lowest BCUT2D eigenvalue weighted by molar-refractivity contribution is -0.384. The molecule has 0 aliphatic carbocycles. The maximum atomic E-state index is 14.4. The zero-order valence-electron chi connectivity index (χ0n) is 37.2. The van der Waals surface area contributed by atoms with Gasteiger partial charge in [-0.15, -0.1) is 0 Å². The van der Waals surface area contributed by atoms with Crippen molar-refractivity contribution in [2.75, 3.05) is 0 Å². The van der Waals surface area contributed by atoms with Crippen molar-refractivity contribution in [1.29, 1.82) is 0 Å². The highest BCUT2D eigenvalue weighted by Gasteiger charge is 2.58. The van der Waals surface area contributed by atoms with Gasteiger partial charge in [-0.25, -0.2) is 0 Å². The molecule has 0 fully saturated rings. The number of non-ortho nitro benzene ring substituents is 2. The predicted octanol–water partition coefficient (Wildman–Crippen LogP) is 11.9. The Morgan fingerprint density at radius 1 is 0.514 bits per heavy atom. The molecule has 2 N–H and O–H groups in total. The number of aromatic nitrogens is 2. The molecule has 0 aliphatic rings. The van der Waals surface area contributed by atoms with E-state index in [1.54, 1.807) is 98.8 Å². The van der Waals surface area contributed by atoms with Crippen LogP contribution in [0.2, 0.25) is 0 Å². The smallest absolute Gasteiger partial charge is 0.376 e. The minimum atomic E-state index is -5.20. The average Bonchev–Trinajstić information content (AvgIpc) is 3.87. The molecule has 12 nitrogen and oxygen atoms in total. The number of nitro groups is 2. The lowest BCUT2D eigenvalue weighted by Gasteiger charge is -2.30. The van der Waals surface area contributed by atoms with E-state index in [-0.39, 0.29) is 57.4 Å². The van der Waals surface area contributed by atoms with E-state index in [0.29, 0.717) is 11.1 Å². The van der Waals surface area contributed by atoms with Crippen LogP contribution in [0.25, 0.3) is 21.8 Å². The molecular formula is C52H42F6N4O8. The SMILES string of the molecule is Cc1ccccc1C(=O)CC(O)(c1cn(Cc2ccccc2)c2cc([N+](=O)[O-])ccc12)C(F)(F)F.Cc1ccccc1C(=O)CC(O)(c1cn(Cc2ccccc2)c2cc([N+](=O)[O-])ccc12)C(F)(F)F. The van der Waals surface area contributed by atoms with Gasteiger partial charge < -0.3 is 19.3 Å². The Kier molecular flexibility index (Phi) is 14.0. The number of aryl methyl sites for hydroxylation is 2. The van der Waals surface area contributed by atoms with Crippen molar-refractivity contribution < 1.29 is 56.0 Å². The third-order valence-electron chi connectivity index (χ3n) is 12.1. The number of Topliss-reactive ketones (excluding diaryl/α,β-unsaturated/α-hetero) is 2. The second-order valence-corrected chi connectivity index (χ2v) is 16.8. The van der Waals surface area contributed by atoms with Gasteiger partial charge in [-0.1, -0.05) is 109 Å². The summed E-state index contributed by atoms with van der Waals surface area (Å²) in [7, 11) is 0. The number of rotatable bonds is 14. The summed E-state index contributed by atoms with van der Waals surface area (Å²) in [5.41, 5.74) is -5.78. The van der Waals surface area contributed by atoms with Crippen molar-refractivity contribution in [1.82, 2.24) is 9.13 Å². The number of benzene rings is 6. The van der Waals surface area contributed by atoms with Crippen molar-refractivity contribution in [2.45, 2.75) is 63.3 Å². The van der Waals surface area contributed by atoms with Crippen LogP contribution in [0.15, 0.2) is 158 Å². The molecule has 2 heterocycles. The first-order valence-corrected chi connectivity index (χ1v) is 21.4. The van der Waals surface area contributed by atoms with Gasteiger partial charge in [-0.2, -0.15) is 26.3 Å². The number of hydrogen-bond donors (Lipinski definition) is 2. The first kappa shape index (κ1) is 49.9. The minimum Gasteiger partial charge on any atom is -0.376 e. The number of nitrogens with zero attached hydrogens (tertiary/aromatic N) is 4. The van der Waals surface area contributed by atoms with Crippen LogP contribution < -0.4 is 0 Å². The Hall–Kier alpha value is -7.96. The predicted molar refractivity (Wildman–Crippen MR) is 248 cm³/mol. The normalized spacial score (nSPS) is 13.5. The van der Waals surface area contributed by atoms with Crippen molar-refractivity contribution in [3.8, 4) is 0 Å². The maximum absolute atomic E-state index is 14.4. The highest BCUT2D eigenvalue weighted by Crippen LogP contribution is 2.48.